The van der Waals surface area contributed by atoms with Crippen molar-refractivity contribution in [2.75, 3.05) is 6.54 Å². The van der Waals surface area contributed by atoms with E-state index in [-0.39, 0.29) is 10.9 Å². The number of rotatable bonds is 4. The number of H-pyrrole nitrogens is 1. The minimum absolute atomic E-state index is 0.0799. The van der Waals surface area contributed by atoms with Gasteiger partial charge in [-0.1, -0.05) is 18.2 Å². The van der Waals surface area contributed by atoms with Gasteiger partial charge in [-0.2, -0.15) is 4.31 Å². The van der Waals surface area contributed by atoms with Gasteiger partial charge in [0.25, 0.3) is 0 Å². The number of aryl methyl sites for hydroxylation is 1. The van der Waals surface area contributed by atoms with Crippen molar-refractivity contribution >= 4 is 20.9 Å². The average Bonchev–Trinajstić information content (AvgIpc) is 3.23. The molecule has 4 rings (SSSR count). The van der Waals surface area contributed by atoms with Crippen LogP contribution in [0.5, 0.6) is 0 Å². The summed E-state index contributed by atoms with van der Waals surface area (Å²) < 4.78 is 41.3. The number of halogens is 1. The third-order valence-corrected chi connectivity index (χ3v) is 7.29. The van der Waals surface area contributed by atoms with Gasteiger partial charge in [0, 0.05) is 29.7 Å². The van der Waals surface area contributed by atoms with E-state index in [1.54, 1.807) is 11.2 Å². The third-order valence-electron chi connectivity index (χ3n) is 5.18. The highest BCUT2D eigenvalue weighted by Crippen LogP contribution is 2.31. The fraction of sp³-hybridized carbons (Fsp3) is 0.300. The van der Waals surface area contributed by atoms with Gasteiger partial charge >= 0.3 is 0 Å². The molecule has 1 atom stereocenters. The molecule has 26 heavy (non-hydrogen) atoms. The molecule has 1 fully saturated rings. The number of aromatic nitrogens is 1. The molecular formula is C20H21FN2O2S. The molecular weight excluding hydrogens is 351 g/mol. The van der Waals surface area contributed by atoms with E-state index in [0.717, 1.165) is 29.3 Å². The molecule has 6 heteroatoms. The van der Waals surface area contributed by atoms with E-state index in [0.29, 0.717) is 18.5 Å². The van der Waals surface area contributed by atoms with Crippen LogP contribution in [-0.2, 0) is 16.4 Å². The molecule has 0 radical (unpaired) electrons. The van der Waals surface area contributed by atoms with Crippen molar-refractivity contribution in [1.82, 2.24) is 9.29 Å². The first-order valence-electron chi connectivity index (χ1n) is 8.80. The lowest BCUT2D eigenvalue weighted by Gasteiger charge is -2.25. The maximum Gasteiger partial charge on any atom is 0.243 e. The molecule has 0 aliphatic carbocycles. The minimum atomic E-state index is -3.64. The zero-order valence-corrected chi connectivity index (χ0v) is 15.4. The number of nitrogens with zero attached hydrogens (tertiary/aromatic N) is 1. The molecule has 4 nitrogen and oxygen atoms in total. The molecule has 2 aromatic carbocycles. The molecule has 1 aromatic heterocycles. The predicted molar refractivity (Wildman–Crippen MR) is 100 cm³/mol. The lowest BCUT2D eigenvalue weighted by atomic mass is 10.0. The third kappa shape index (κ3) is 2.93. The van der Waals surface area contributed by atoms with E-state index in [4.69, 9.17) is 0 Å². The highest BCUT2D eigenvalue weighted by atomic mass is 32.2. The lowest BCUT2D eigenvalue weighted by molar-refractivity contribution is 0.386. The molecule has 0 saturated carbocycles. The fourth-order valence-electron chi connectivity index (χ4n) is 3.91. The Balaban J connectivity index is 1.66. The fourth-order valence-corrected chi connectivity index (χ4v) is 5.81. The highest BCUT2D eigenvalue weighted by Gasteiger charge is 2.36. The monoisotopic (exact) mass is 372 g/mol. The van der Waals surface area contributed by atoms with Crippen molar-refractivity contribution < 1.29 is 12.8 Å². The number of benzene rings is 2. The average molecular weight is 372 g/mol. The number of hydrogen-bond donors (Lipinski definition) is 1. The number of fused-ring (bicyclic) bond motifs is 1. The standard InChI is InChI=1S/C20H21FN2O2S/c1-14-11-16(21)8-9-20(14)26(24,25)23-10-4-5-17(23)12-15-13-22-19-7-3-2-6-18(15)19/h2-3,6-9,11,13,17,22H,4-5,10,12H2,1H3. The summed E-state index contributed by atoms with van der Waals surface area (Å²) in [7, 11) is -3.64. The Hall–Kier alpha value is -2.18. The molecule has 1 unspecified atom stereocenters. The van der Waals surface area contributed by atoms with Gasteiger partial charge in [0.15, 0.2) is 0 Å². The largest absolute Gasteiger partial charge is 0.361 e. The zero-order valence-electron chi connectivity index (χ0n) is 14.6. The number of sulfonamides is 1. The zero-order chi connectivity index (χ0) is 18.3. The van der Waals surface area contributed by atoms with Gasteiger partial charge in [0.05, 0.1) is 4.90 Å². The predicted octanol–water partition coefficient (Wildman–Crippen LogP) is 4.01. The van der Waals surface area contributed by atoms with Gasteiger partial charge in [-0.05, 0) is 61.6 Å². The molecule has 1 aliphatic heterocycles. The second-order valence-corrected chi connectivity index (χ2v) is 8.74. The van der Waals surface area contributed by atoms with Crippen molar-refractivity contribution in [3.05, 3.63) is 65.6 Å². The summed E-state index contributed by atoms with van der Waals surface area (Å²) in [5.74, 6) is -0.418. The van der Waals surface area contributed by atoms with Crippen molar-refractivity contribution in [3.8, 4) is 0 Å². The van der Waals surface area contributed by atoms with E-state index >= 15 is 0 Å². The first kappa shape index (κ1) is 17.2. The quantitative estimate of drug-likeness (QED) is 0.752. The van der Waals surface area contributed by atoms with Gasteiger partial charge in [-0.25, -0.2) is 12.8 Å². The first-order valence-corrected chi connectivity index (χ1v) is 10.2. The summed E-state index contributed by atoms with van der Waals surface area (Å²) in [4.78, 5) is 3.45. The number of nitrogens with one attached hydrogen (secondary N) is 1. The van der Waals surface area contributed by atoms with E-state index in [2.05, 4.69) is 11.1 Å². The van der Waals surface area contributed by atoms with Gasteiger partial charge in [-0.3, -0.25) is 0 Å². The second kappa shape index (κ2) is 6.52. The Kier molecular flexibility index (Phi) is 4.32. The maximum atomic E-state index is 13.4. The van der Waals surface area contributed by atoms with E-state index in [1.807, 2.05) is 24.4 Å². The molecule has 1 saturated heterocycles. The molecule has 136 valence electrons. The smallest absolute Gasteiger partial charge is 0.243 e. The van der Waals surface area contributed by atoms with E-state index in [1.165, 1.54) is 18.2 Å². The van der Waals surface area contributed by atoms with Gasteiger partial charge < -0.3 is 4.98 Å². The van der Waals surface area contributed by atoms with Crippen molar-refractivity contribution in [1.29, 1.82) is 0 Å². The minimum Gasteiger partial charge on any atom is -0.361 e. The lowest BCUT2D eigenvalue weighted by Crippen LogP contribution is -2.37. The van der Waals surface area contributed by atoms with Gasteiger partial charge in [0.2, 0.25) is 10.0 Å². The number of hydrogen-bond acceptors (Lipinski definition) is 2. The molecule has 3 aromatic rings. The molecule has 0 amide bonds. The number of aromatic amines is 1. The van der Waals surface area contributed by atoms with Gasteiger partial charge in [-0.15, -0.1) is 0 Å². The van der Waals surface area contributed by atoms with Crippen LogP contribution in [0.4, 0.5) is 4.39 Å². The van der Waals surface area contributed by atoms with Crippen LogP contribution in [0.3, 0.4) is 0 Å². The summed E-state index contributed by atoms with van der Waals surface area (Å²) in [6.07, 6.45) is 4.31. The SMILES string of the molecule is Cc1cc(F)ccc1S(=O)(=O)N1CCCC1Cc1c[nH]c2ccccc12. The van der Waals surface area contributed by atoms with Gasteiger partial charge in [0.1, 0.15) is 5.82 Å². The summed E-state index contributed by atoms with van der Waals surface area (Å²) in [5, 5.41) is 1.13. The summed E-state index contributed by atoms with van der Waals surface area (Å²) in [6.45, 7) is 2.15. The van der Waals surface area contributed by atoms with Crippen LogP contribution >= 0.6 is 0 Å². The Labute approximate surface area is 152 Å². The van der Waals surface area contributed by atoms with E-state index < -0.39 is 15.8 Å². The van der Waals surface area contributed by atoms with E-state index in [9.17, 15) is 12.8 Å². The van der Waals surface area contributed by atoms with Crippen molar-refractivity contribution in [2.24, 2.45) is 0 Å². The molecule has 2 heterocycles. The second-order valence-electron chi connectivity index (χ2n) is 6.89. The van der Waals surface area contributed by atoms with Crippen LogP contribution < -0.4 is 0 Å². The molecule has 1 N–H and O–H groups in total. The Bertz CT molecular complexity index is 1060. The normalized spacial score (nSPS) is 18.6. The first-order chi connectivity index (χ1) is 12.5. The Morgan fingerprint density at radius 2 is 2.04 bits per heavy atom. The summed E-state index contributed by atoms with van der Waals surface area (Å²) in [5.41, 5.74) is 2.63. The Morgan fingerprint density at radius 3 is 2.85 bits per heavy atom. The number of para-hydroxylation sites is 1. The Morgan fingerprint density at radius 1 is 1.23 bits per heavy atom. The van der Waals surface area contributed by atoms with Crippen molar-refractivity contribution in [2.45, 2.75) is 37.1 Å². The highest BCUT2D eigenvalue weighted by molar-refractivity contribution is 7.89. The van der Waals surface area contributed by atoms with Crippen LogP contribution in [0, 0.1) is 12.7 Å². The summed E-state index contributed by atoms with van der Waals surface area (Å²) >= 11 is 0. The van der Waals surface area contributed by atoms with Crippen LogP contribution in [0.1, 0.15) is 24.0 Å². The molecule has 0 bridgehead atoms. The van der Waals surface area contributed by atoms with Crippen LogP contribution in [0.2, 0.25) is 0 Å². The van der Waals surface area contributed by atoms with Crippen molar-refractivity contribution in [3.63, 3.8) is 0 Å². The van der Waals surface area contributed by atoms with Crippen LogP contribution in [-0.4, -0.2) is 30.3 Å². The molecule has 0 spiro atoms. The van der Waals surface area contributed by atoms with Crippen LogP contribution in [0.25, 0.3) is 10.9 Å². The maximum absolute atomic E-state index is 13.4. The summed E-state index contributed by atoms with van der Waals surface area (Å²) in [6, 6.07) is 11.8. The topological polar surface area (TPSA) is 53.2 Å². The molecule has 1 aliphatic rings. The van der Waals surface area contributed by atoms with Crippen LogP contribution in [0.15, 0.2) is 53.6 Å².